The fourth-order valence-electron chi connectivity index (χ4n) is 3.24. The quantitative estimate of drug-likeness (QED) is 0.500. The maximum absolute atomic E-state index is 13.4. The van der Waals surface area contributed by atoms with Crippen molar-refractivity contribution in [2.75, 3.05) is 6.61 Å². The number of rotatable bonds is 5. The molecule has 0 atom stereocenters. The average Bonchev–Trinajstić information content (AvgIpc) is 3.26. The zero-order valence-corrected chi connectivity index (χ0v) is 17.7. The van der Waals surface area contributed by atoms with Crippen LogP contribution in [0.25, 0.3) is 11.6 Å². The van der Waals surface area contributed by atoms with Crippen LogP contribution in [0.4, 0.5) is 5.69 Å². The molecule has 0 radical (unpaired) electrons. The normalized spacial score (nSPS) is 11.8. The molecule has 0 spiro atoms. The Hall–Kier alpha value is -3.41. The van der Waals surface area contributed by atoms with Crippen LogP contribution in [0.3, 0.4) is 0 Å². The van der Waals surface area contributed by atoms with E-state index in [0.29, 0.717) is 28.4 Å². The molecule has 0 aliphatic rings. The van der Waals surface area contributed by atoms with Crippen molar-refractivity contribution in [1.29, 1.82) is 0 Å². The lowest BCUT2D eigenvalue weighted by atomic mass is 10.0. The van der Waals surface area contributed by atoms with Gasteiger partial charge in [0.1, 0.15) is 18.1 Å². The van der Waals surface area contributed by atoms with Crippen molar-refractivity contribution in [3.8, 4) is 11.8 Å². The molecule has 0 saturated carbocycles. The van der Waals surface area contributed by atoms with Crippen LogP contribution in [0.2, 0.25) is 0 Å². The van der Waals surface area contributed by atoms with Gasteiger partial charge < -0.3 is 9.63 Å². The number of nitrogens with zero attached hydrogens (tertiary/aromatic N) is 3. The molecule has 2 aromatic heterocycles. The van der Waals surface area contributed by atoms with Gasteiger partial charge in [-0.25, -0.2) is 12.4 Å². The topological polar surface area (TPSA) is 97.7 Å². The molecule has 2 heterocycles. The maximum atomic E-state index is 13.4. The Morgan fingerprint density at radius 2 is 2.03 bits per heavy atom. The first-order chi connectivity index (χ1) is 14.3. The minimum Gasteiger partial charge on any atom is -0.384 e. The summed E-state index contributed by atoms with van der Waals surface area (Å²) in [5.41, 5.74) is 3.18. The molecule has 0 saturated heterocycles. The molecule has 30 heavy (non-hydrogen) atoms. The third-order valence-corrected chi connectivity index (χ3v) is 6.21. The van der Waals surface area contributed by atoms with Gasteiger partial charge in [-0.05, 0) is 51.3 Å². The number of aliphatic hydroxyl groups is 1. The number of aromatic nitrogens is 2. The predicted octanol–water partition coefficient (Wildman–Crippen LogP) is 3.57. The van der Waals surface area contributed by atoms with Crippen molar-refractivity contribution in [2.24, 2.45) is 4.99 Å². The summed E-state index contributed by atoms with van der Waals surface area (Å²) >= 11 is 0. The fraction of sp³-hybridized carbons (Fsp3) is 0.182. The predicted molar refractivity (Wildman–Crippen MR) is 116 cm³/mol. The van der Waals surface area contributed by atoms with Crippen molar-refractivity contribution in [3.05, 3.63) is 64.8 Å². The Morgan fingerprint density at radius 3 is 2.60 bits per heavy atom. The Balaban J connectivity index is 2.31. The minimum atomic E-state index is -3.93. The van der Waals surface area contributed by atoms with Crippen LogP contribution in [0.1, 0.15) is 35.2 Å². The standard InChI is InChI=1S/C22H21N3O4S/c1-15(21-16(2)24-29-17(21)3)13-20-22(23-4)18(9-8-12-26)14-25(20)30(27,28)19-10-6-5-7-11-19/h5-7,10-11,13-14,26H,4,12H2,1-3H3/b15-13+. The summed E-state index contributed by atoms with van der Waals surface area (Å²) in [4.78, 5) is 4.15. The zero-order chi connectivity index (χ0) is 21.9. The summed E-state index contributed by atoms with van der Waals surface area (Å²) < 4.78 is 33.1. The van der Waals surface area contributed by atoms with Crippen molar-refractivity contribution in [2.45, 2.75) is 25.7 Å². The van der Waals surface area contributed by atoms with E-state index < -0.39 is 10.0 Å². The van der Waals surface area contributed by atoms with Crippen molar-refractivity contribution >= 4 is 34.1 Å². The molecule has 0 aliphatic heterocycles. The lowest BCUT2D eigenvalue weighted by Crippen LogP contribution is -2.13. The van der Waals surface area contributed by atoms with E-state index in [4.69, 9.17) is 9.63 Å². The van der Waals surface area contributed by atoms with E-state index in [0.717, 1.165) is 15.1 Å². The van der Waals surface area contributed by atoms with Gasteiger partial charge in [-0.15, -0.1) is 0 Å². The van der Waals surface area contributed by atoms with Crippen LogP contribution < -0.4 is 0 Å². The van der Waals surface area contributed by atoms with Crippen LogP contribution in [0.15, 0.2) is 50.9 Å². The van der Waals surface area contributed by atoms with E-state index in [1.165, 1.54) is 18.3 Å². The molecule has 1 aromatic carbocycles. The number of hydrogen-bond donors (Lipinski definition) is 1. The Labute approximate surface area is 175 Å². The van der Waals surface area contributed by atoms with Crippen LogP contribution in [0, 0.1) is 25.7 Å². The molecule has 8 heteroatoms. The van der Waals surface area contributed by atoms with Gasteiger partial charge in [0, 0.05) is 11.8 Å². The second-order valence-electron chi connectivity index (χ2n) is 6.54. The maximum Gasteiger partial charge on any atom is 0.268 e. The lowest BCUT2D eigenvalue weighted by molar-refractivity contribution is 0.350. The summed E-state index contributed by atoms with van der Waals surface area (Å²) in [6.45, 7) is 8.66. The van der Waals surface area contributed by atoms with Crippen LogP contribution >= 0.6 is 0 Å². The van der Waals surface area contributed by atoms with Crippen LogP contribution in [0.5, 0.6) is 0 Å². The zero-order valence-electron chi connectivity index (χ0n) is 16.9. The highest BCUT2D eigenvalue weighted by molar-refractivity contribution is 7.90. The highest BCUT2D eigenvalue weighted by atomic mass is 32.2. The van der Waals surface area contributed by atoms with Crippen molar-refractivity contribution in [3.63, 3.8) is 0 Å². The summed E-state index contributed by atoms with van der Waals surface area (Å²) in [7, 11) is -3.93. The lowest BCUT2D eigenvalue weighted by Gasteiger charge is -2.10. The Morgan fingerprint density at radius 1 is 1.33 bits per heavy atom. The second-order valence-corrected chi connectivity index (χ2v) is 8.35. The molecular formula is C22H21N3O4S. The SMILES string of the molecule is C=Nc1c(C#CCO)cn(S(=O)(=O)c2ccccc2)c1/C=C(\C)c1c(C)noc1C. The van der Waals surface area contributed by atoms with Gasteiger partial charge in [-0.3, -0.25) is 4.99 Å². The monoisotopic (exact) mass is 423 g/mol. The van der Waals surface area contributed by atoms with Gasteiger partial charge >= 0.3 is 0 Å². The summed E-state index contributed by atoms with van der Waals surface area (Å²) in [6.07, 6.45) is 3.09. The molecule has 0 unspecified atom stereocenters. The van der Waals surface area contributed by atoms with Crippen molar-refractivity contribution in [1.82, 2.24) is 9.13 Å². The third kappa shape index (κ3) is 3.85. The fourth-order valence-corrected chi connectivity index (χ4v) is 4.61. The molecule has 3 aromatic rings. The number of aliphatic hydroxyl groups excluding tert-OH is 1. The van der Waals surface area contributed by atoms with Gasteiger partial charge in [0.05, 0.1) is 21.8 Å². The third-order valence-electron chi connectivity index (χ3n) is 4.52. The second kappa shape index (κ2) is 8.53. The summed E-state index contributed by atoms with van der Waals surface area (Å²) in [6, 6.07) is 8.08. The first-order valence-corrected chi connectivity index (χ1v) is 10.5. The van der Waals surface area contributed by atoms with E-state index in [1.807, 2.05) is 13.8 Å². The van der Waals surface area contributed by atoms with Gasteiger partial charge in [-0.2, -0.15) is 0 Å². The van der Waals surface area contributed by atoms with Gasteiger partial charge in [0.15, 0.2) is 0 Å². The average molecular weight is 423 g/mol. The first-order valence-electron chi connectivity index (χ1n) is 9.05. The highest BCUT2D eigenvalue weighted by Crippen LogP contribution is 2.34. The van der Waals surface area contributed by atoms with Gasteiger partial charge in [-0.1, -0.05) is 35.2 Å². The molecule has 0 amide bonds. The van der Waals surface area contributed by atoms with E-state index >= 15 is 0 Å². The Bertz CT molecular complexity index is 1270. The molecule has 0 bridgehead atoms. The Kier molecular flexibility index (Phi) is 6.06. The van der Waals surface area contributed by atoms with E-state index in [-0.39, 0.29) is 11.5 Å². The van der Waals surface area contributed by atoms with Crippen LogP contribution in [-0.4, -0.2) is 36.0 Å². The van der Waals surface area contributed by atoms with E-state index in [2.05, 4.69) is 28.7 Å². The smallest absolute Gasteiger partial charge is 0.268 e. The first kappa shape index (κ1) is 21.3. The van der Waals surface area contributed by atoms with Crippen molar-refractivity contribution < 1.29 is 18.0 Å². The molecule has 0 fully saturated rings. The number of aliphatic imine (C=N–C) groups is 1. The molecule has 1 N–H and O–H groups in total. The molecule has 154 valence electrons. The largest absolute Gasteiger partial charge is 0.384 e. The molecular weight excluding hydrogens is 402 g/mol. The number of aryl methyl sites for hydroxylation is 2. The molecule has 7 nitrogen and oxygen atoms in total. The number of hydrogen-bond acceptors (Lipinski definition) is 6. The summed E-state index contributed by atoms with van der Waals surface area (Å²) in [5.74, 6) is 5.91. The summed E-state index contributed by atoms with van der Waals surface area (Å²) in [5, 5.41) is 13.0. The molecule has 0 aliphatic carbocycles. The van der Waals surface area contributed by atoms with E-state index in [9.17, 15) is 8.42 Å². The number of benzene rings is 1. The minimum absolute atomic E-state index is 0.127. The highest BCUT2D eigenvalue weighted by Gasteiger charge is 2.24. The number of allylic oxidation sites excluding steroid dienone is 1. The van der Waals surface area contributed by atoms with Crippen LogP contribution in [-0.2, 0) is 10.0 Å². The van der Waals surface area contributed by atoms with E-state index in [1.54, 1.807) is 31.2 Å². The van der Waals surface area contributed by atoms with Gasteiger partial charge in [0.2, 0.25) is 0 Å². The van der Waals surface area contributed by atoms with Gasteiger partial charge in [0.25, 0.3) is 10.0 Å². The molecule has 3 rings (SSSR count).